The molecule has 0 bridgehead atoms. The molecule has 1 fully saturated rings. The summed E-state index contributed by atoms with van der Waals surface area (Å²) in [5.41, 5.74) is 3.09. The zero-order chi connectivity index (χ0) is 11.8. The van der Waals surface area contributed by atoms with Crippen molar-refractivity contribution >= 4 is 11.7 Å². The van der Waals surface area contributed by atoms with Crippen LogP contribution in [0.15, 0.2) is 18.2 Å². The maximum Gasteiger partial charge on any atom is 0.292 e. The van der Waals surface area contributed by atoms with Crippen LogP contribution in [-0.2, 0) is 17.6 Å². The molecule has 1 aromatic rings. The largest absolute Gasteiger partial charge is 0.346 e. The molecule has 3 heteroatoms. The summed E-state index contributed by atoms with van der Waals surface area (Å²) < 4.78 is 0. The summed E-state index contributed by atoms with van der Waals surface area (Å²) in [6.45, 7) is 0. The van der Waals surface area contributed by atoms with Crippen molar-refractivity contribution in [3.05, 3.63) is 34.9 Å². The fourth-order valence-electron chi connectivity index (χ4n) is 2.32. The van der Waals surface area contributed by atoms with Gasteiger partial charge >= 0.3 is 0 Å². The van der Waals surface area contributed by atoms with Crippen LogP contribution < -0.4 is 5.32 Å². The van der Waals surface area contributed by atoms with Gasteiger partial charge in [0.2, 0.25) is 5.78 Å². The highest BCUT2D eigenvalue weighted by molar-refractivity contribution is 6.42. The fraction of sp³-hybridized carbons (Fsp3) is 0.429. The van der Waals surface area contributed by atoms with Gasteiger partial charge in [0.25, 0.3) is 5.91 Å². The van der Waals surface area contributed by atoms with Crippen LogP contribution in [-0.4, -0.2) is 17.7 Å². The number of rotatable bonds is 3. The summed E-state index contributed by atoms with van der Waals surface area (Å²) in [6, 6.07) is 5.89. The Balaban J connectivity index is 1.78. The van der Waals surface area contributed by atoms with Gasteiger partial charge in [0.1, 0.15) is 0 Å². The van der Waals surface area contributed by atoms with E-state index in [1.165, 1.54) is 11.1 Å². The second kappa shape index (κ2) is 3.99. The zero-order valence-corrected chi connectivity index (χ0v) is 9.66. The highest BCUT2D eigenvalue weighted by Gasteiger charge is 2.27. The molecule has 0 aromatic heterocycles. The Bertz CT molecular complexity index is 489. The Morgan fingerprint density at radius 2 is 1.88 bits per heavy atom. The minimum atomic E-state index is -0.453. The van der Waals surface area contributed by atoms with Gasteiger partial charge in [-0.05, 0) is 49.3 Å². The summed E-state index contributed by atoms with van der Waals surface area (Å²) in [7, 11) is 0. The molecule has 17 heavy (non-hydrogen) atoms. The predicted octanol–water partition coefficient (Wildman–Crippen LogP) is 1.64. The van der Waals surface area contributed by atoms with Gasteiger partial charge in [-0.15, -0.1) is 0 Å². The van der Waals surface area contributed by atoms with E-state index in [0.29, 0.717) is 5.56 Å². The molecule has 0 radical (unpaired) electrons. The maximum atomic E-state index is 11.9. The molecule has 0 atom stereocenters. The van der Waals surface area contributed by atoms with Gasteiger partial charge in [0.15, 0.2) is 0 Å². The highest BCUT2D eigenvalue weighted by Crippen LogP contribution is 2.23. The monoisotopic (exact) mass is 229 g/mol. The summed E-state index contributed by atoms with van der Waals surface area (Å²) >= 11 is 0. The molecule has 1 N–H and O–H groups in total. The highest BCUT2D eigenvalue weighted by atomic mass is 16.2. The van der Waals surface area contributed by atoms with E-state index in [2.05, 4.69) is 5.32 Å². The third-order valence-corrected chi connectivity index (χ3v) is 3.48. The number of carbonyl (C=O) groups excluding carboxylic acids is 2. The third kappa shape index (κ3) is 2.09. The van der Waals surface area contributed by atoms with Gasteiger partial charge in [-0.25, -0.2) is 0 Å². The quantitative estimate of drug-likeness (QED) is 0.632. The molecule has 0 spiro atoms. The molecule has 88 valence electrons. The molecule has 0 aliphatic heterocycles. The van der Waals surface area contributed by atoms with Crippen molar-refractivity contribution in [2.75, 3.05) is 0 Å². The molecule has 1 amide bonds. The van der Waals surface area contributed by atoms with Crippen LogP contribution in [0.5, 0.6) is 0 Å². The molecule has 0 heterocycles. The molecule has 2 aliphatic carbocycles. The summed E-state index contributed by atoms with van der Waals surface area (Å²) in [6.07, 6.45) is 5.28. The Kier molecular flexibility index (Phi) is 2.46. The average molecular weight is 229 g/mol. The maximum absolute atomic E-state index is 11.9. The fourth-order valence-corrected chi connectivity index (χ4v) is 2.32. The van der Waals surface area contributed by atoms with Crippen LogP contribution in [0.3, 0.4) is 0 Å². The first kappa shape index (κ1) is 10.5. The zero-order valence-electron chi connectivity index (χ0n) is 9.66. The Labute approximate surface area is 100 Å². The standard InChI is InChI=1S/C14H15NO2/c16-13(14(17)15-12-6-7-12)11-5-4-9-2-1-3-10(9)8-11/h4-5,8,12H,1-3,6-7H2,(H,15,17). The minimum absolute atomic E-state index is 0.237. The number of hydrogen-bond acceptors (Lipinski definition) is 2. The first-order valence-corrected chi connectivity index (χ1v) is 6.21. The smallest absolute Gasteiger partial charge is 0.292 e. The number of hydrogen-bond donors (Lipinski definition) is 1. The van der Waals surface area contributed by atoms with Crippen molar-refractivity contribution in [3.63, 3.8) is 0 Å². The van der Waals surface area contributed by atoms with Crippen LogP contribution in [0.2, 0.25) is 0 Å². The van der Waals surface area contributed by atoms with Crippen LogP contribution in [0.1, 0.15) is 40.7 Å². The summed E-state index contributed by atoms with van der Waals surface area (Å²) in [5, 5.41) is 2.73. The number of Topliss-reactive ketones (excluding diaryl/α,β-unsaturated/α-hetero) is 1. The molecule has 1 saturated carbocycles. The number of ketones is 1. The van der Waals surface area contributed by atoms with E-state index in [9.17, 15) is 9.59 Å². The first-order chi connectivity index (χ1) is 8.24. The molecule has 0 unspecified atom stereocenters. The lowest BCUT2D eigenvalue weighted by atomic mass is 10.0. The van der Waals surface area contributed by atoms with E-state index in [1.807, 2.05) is 12.1 Å². The van der Waals surface area contributed by atoms with Gasteiger partial charge in [0.05, 0.1) is 0 Å². The normalized spacial score (nSPS) is 17.6. The molecule has 3 rings (SSSR count). The van der Waals surface area contributed by atoms with Gasteiger partial charge in [-0.2, -0.15) is 0 Å². The van der Waals surface area contributed by atoms with Crippen molar-refractivity contribution in [1.82, 2.24) is 5.32 Å². The van der Waals surface area contributed by atoms with Crippen LogP contribution in [0, 0.1) is 0 Å². The van der Waals surface area contributed by atoms with Gasteiger partial charge in [-0.1, -0.05) is 12.1 Å². The van der Waals surface area contributed by atoms with E-state index in [4.69, 9.17) is 0 Å². The molecule has 3 nitrogen and oxygen atoms in total. The van der Waals surface area contributed by atoms with Crippen molar-refractivity contribution in [3.8, 4) is 0 Å². The lowest BCUT2D eigenvalue weighted by molar-refractivity contribution is -0.117. The van der Waals surface area contributed by atoms with Gasteiger partial charge in [0, 0.05) is 11.6 Å². The number of nitrogens with one attached hydrogen (secondary N) is 1. The molecular weight excluding hydrogens is 214 g/mol. The average Bonchev–Trinajstić information content (AvgIpc) is 3.02. The topological polar surface area (TPSA) is 46.2 Å². The van der Waals surface area contributed by atoms with Crippen LogP contribution in [0.25, 0.3) is 0 Å². The number of carbonyl (C=O) groups is 2. The molecular formula is C14H15NO2. The van der Waals surface area contributed by atoms with E-state index in [1.54, 1.807) is 6.07 Å². The van der Waals surface area contributed by atoms with Crippen LogP contribution >= 0.6 is 0 Å². The number of aryl methyl sites for hydroxylation is 2. The van der Waals surface area contributed by atoms with Crippen molar-refractivity contribution in [2.45, 2.75) is 38.1 Å². The van der Waals surface area contributed by atoms with Crippen molar-refractivity contribution < 1.29 is 9.59 Å². The Hall–Kier alpha value is -1.64. The van der Waals surface area contributed by atoms with E-state index in [0.717, 1.165) is 32.1 Å². The van der Waals surface area contributed by atoms with Crippen molar-refractivity contribution in [1.29, 1.82) is 0 Å². The summed E-state index contributed by atoms with van der Waals surface area (Å²) in [4.78, 5) is 23.5. The van der Waals surface area contributed by atoms with E-state index in [-0.39, 0.29) is 6.04 Å². The van der Waals surface area contributed by atoms with Gasteiger partial charge in [-0.3, -0.25) is 9.59 Å². The number of fused-ring (bicyclic) bond motifs is 1. The van der Waals surface area contributed by atoms with Crippen molar-refractivity contribution in [2.24, 2.45) is 0 Å². The van der Waals surface area contributed by atoms with Crippen LogP contribution in [0.4, 0.5) is 0 Å². The second-order valence-corrected chi connectivity index (χ2v) is 4.91. The minimum Gasteiger partial charge on any atom is -0.346 e. The Morgan fingerprint density at radius 3 is 2.65 bits per heavy atom. The third-order valence-electron chi connectivity index (χ3n) is 3.48. The second-order valence-electron chi connectivity index (χ2n) is 4.91. The Morgan fingerprint density at radius 1 is 1.12 bits per heavy atom. The van der Waals surface area contributed by atoms with E-state index >= 15 is 0 Å². The van der Waals surface area contributed by atoms with Gasteiger partial charge < -0.3 is 5.32 Å². The number of amides is 1. The van der Waals surface area contributed by atoms with E-state index < -0.39 is 11.7 Å². The predicted molar refractivity (Wildman–Crippen MR) is 64.0 cm³/mol. The summed E-state index contributed by atoms with van der Waals surface area (Å²) in [5.74, 6) is -0.850. The molecule has 2 aliphatic rings. The lowest BCUT2D eigenvalue weighted by Crippen LogP contribution is -2.32. The lowest BCUT2D eigenvalue weighted by Gasteiger charge is -2.04. The first-order valence-electron chi connectivity index (χ1n) is 6.21. The number of benzene rings is 1. The SMILES string of the molecule is O=C(NC1CC1)C(=O)c1ccc2c(c1)CCC2. The molecule has 0 saturated heterocycles. The molecule has 1 aromatic carbocycles.